The van der Waals surface area contributed by atoms with Crippen LogP contribution in [0.3, 0.4) is 0 Å². The molecule has 1 heterocycles. The molecule has 0 saturated carbocycles. The third kappa shape index (κ3) is 4.03. The van der Waals surface area contributed by atoms with Crippen LogP contribution in [0.2, 0.25) is 0 Å². The Morgan fingerprint density at radius 3 is 1.71 bits per heavy atom. The van der Waals surface area contributed by atoms with Crippen LogP contribution >= 0.6 is 0 Å². The lowest BCUT2D eigenvalue weighted by Gasteiger charge is -2.38. The predicted octanol–water partition coefficient (Wildman–Crippen LogP) is 5.72. The molecule has 0 bridgehead atoms. The van der Waals surface area contributed by atoms with Gasteiger partial charge >= 0.3 is 0 Å². The summed E-state index contributed by atoms with van der Waals surface area (Å²) in [4.78, 5) is 10.6. The first-order chi connectivity index (χ1) is 16.9. The molecule has 1 unspecified atom stereocenters. The SMILES string of the molecule is O=[N+]([O-])c1ccc(S(=O)(=O)N2CC(c3ccccc3)CC2(c2ccccc2)c2ccccc2)cc1. The molecule has 4 aromatic carbocycles. The van der Waals surface area contributed by atoms with Crippen molar-refractivity contribution in [2.45, 2.75) is 22.8 Å². The maximum atomic E-state index is 14.2. The van der Waals surface area contributed by atoms with Crippen LogP contribution in [0.5, 0.6) is 0 Å². The first kappa shape index (κ1) is 23.0. The van der Waals surface area contributed by atoms with Crippen LogP contribution in [-0.2, 0) is 15.6 Å². The molecule has 7 heteroatoms. The fourth-order valence-corrected chi connectivity index (χ4v) is 6.92. The summed E-state index contributed by atoms with van der Waals surface area (Å²) < 4.78 is 30.0. The first-order valence-corrected chi connectivity index (χ1v) is 12.8. The zero-order valence-corrected chi connectivity index (χ0v) is 19.7. The highest BCUT2D eigenvalue weighted by atomic mass is 32.2. The summed E-state index contributed by atoms with van der Waals surface area (Å²) in [6.45, 7) is 0.285. The van der Waals surface area contributed by atoms with Crippen molar-refractivity contribution < 1.29 is 13.3 Å². The monoisotopic (exact) mass is 484 g/mol. The van der Waals surface area contributed by atoms with Gasteiger partial charge in [0.05, 0.1) is 15.4 Å². The van der Waals surface area contributed by atoms with E-state index in [9.17, 15) is 18.5 Å². The fraction of sp³-hybridized carbons (Fsp3) is 0.143. The molecule has 0 radical (unpaired) electrons. The number of nitro benzene ring substituents is 1. The molecule has 35 heavy (non-hydrogen) atoms. The van der Waals surface area contributed by atoms with Gasteiger partial charge in [0.2, 0.25) is 10.0 Å². The molecule has 5 rings (SSSR count). The molecular formula is C28H24N2O4S. The van der Waals surface area contributed by atoms with E-state index in [1.54, 1.807) is 4.31 Å². The molecule has 0 N–H and O–H groups in total. The number of sulfonamides is 1. The number of nitrogens with zero attached hydrogens (tertiary/aromatic N) is 2. The van der Waals surface area contributed by atoms with Gasteiger partial charge in [-0.2, -0.15) is 4.31 Å². The largest absolute Gasteiger partial charge is 0.269 e. The Balaban J connectivity index is 1.73. The molecule has 0 aliphatic carbocycles. The second-order valence-corrected chi connectivity index (χ2v) is 10.6. The van der Waals surface area contributed by atoms with E-state index >= 15 is 0 Å². The van der Waals surface area contributed by atoms with Gasteiger partial charge in [0, 0.05) is 24.6 Å². The summed E-state index contributed by atoms with van der Waals surface area (Å²) >= 11 is 0. The molecule has 0 aromatic heterocycles. The van der Waals surface area contributed by atoms with E-state index in [2.05, 4.69) is 0 Å². The molecule has 176 valence electrons. The Morgan fingerprint density at radius 1 is 0.743 bits per heavy atom. The van der Waals surface area contributed by atoms with Crippen LogP contribution in [0.4, 0.5) is 5.69 Å². The van der Waals surface area contributed by atoms with Crippen LogP contribution in [0.15, 0.2) is 120 Å². The number of nitro groups is 1. The van der Waals surface area contributed by atoms with Crippen molar-refractivity contribution in [3.8, 4) is 0 Å². The van der Waals surface area contributed by atoms with Gasteiger partial charge in [0.1, 0.15) is 0 Å². The lowest BCUT2D eigenvalue weighted by atomic mass is 9.78. The molecular weight excluding hydrogens is 460 g/mol. The standard InChI is InChI=1S/C28H24N2O4S/c31-30(32)26-16-18-27(19-17-26)35(33,34)29-21-23(22-10-4-1-5-11-22)20-28(29,24-12-6-2-7-13-24)25-14-8-3-9-15-25/h1-19,23H,20-21H2. The lowest BCUT2D eigenvalue weighted by molar-refractivity contribution is -0.384. The van der Waals surface area contributed by atoms with Crippen LogP contribution in [0.1, 0.15) is 29.0 Å². The van der Waals surface area contributed by atoms with E-state index in [1.165, 1.54) is 24.3 Å². The van der Waals surface area contributed by atoms with Crippen LogP contribution in [0.25, 0.3) is 0 Å². The van der Waals surface area contributed by atoms with Crippen LogP contribution in [-0.4, -0.2) is 24.2 Å². The van der Waals surface area contributed by atoms with Crippen molar-refractivity contribution in [1.29, 1.82) is 0 Å². The van der Waals surface area contributed by atoms with Crippen molar-refractivity contribution in [3.05, 3.63) is 142 Å². The van der Waals surface area contributed by atoms with Gasteiger partial charge in [-0.3, -0.25) is 10.1 Å². The van der Waals surface area contributed by atoms with Gasteiger partial charge < -0.3 is 0 Å². The Labute approximate surface area is 204 Å². The highest BCUT2D eigenvalue weighted by Crippen LogP contribution is 2.52. The Morgan fingerprint density at radius 2 is 1.23 bits per heavy atom. The molecule has 1 saturated heterocycles. The molecule has 0 spiro atoms. The molecule has 1 aliphatic heterocycles. The number of hydrogen-bond acceptors (Lipinski definition) is 4. The average molecular weight is 485 g/mol. The summed E-state index contributed by atoms with van der Waals surface area (Å²) in [6, 6.07) is 34.5. The number of rotatable bonds is 6. The van der Waals surface area contributed by atoms with Gasteiger partial charge in [0.25, 0.3) is 5.69 Å². The lowest BCUT2D eigenvalue weighted by Crippen LogP contribution is -2.45. The summed E-state index contributed by atoms with van der Waals surface area (Å²) in [7, 11) is -4.02. The van der Waals surface area contributed by atoms with Crippen molar-refractivity contribution in [2.24, 2.45) is 0 Å². The van der Waals surface area contributed by atoms with E-state index < -0.39 is 20.5 Å². The van der Waals surface area contributed by atoms with E-state index in [1.807, 2.05) is 91.0 Å². The Kier molecular flexibility index (Phi) is 5.96. The van der Waals surface area contributed by atoms with E-state index in [0.717, 1.165) is 16.7 Å². The average Bonchev–Trinajstić information content (AvgIpc) is 3.33. The zero-order chi connectivity index (χ0) is 24.5. The minimum absolute atomic E-state index is 0.0352. The third-order valence-electron chi connectivity index (χ3n) is 6.76. The van der Waals surface area contributed by atoms with Gasteiger partial charge in [-0.15, -0.1) is 0 Å². The van der Waals surface area contributed by atoms with Gasteiger partial charge in [-0.1, -0.05) is 91.0 Å². The predicted molar refractivity (Wildman–Crippen MR) is 134 cm³/mol. The highest BCUT2D eigenvalue weighted by molar-refractivity contribution is 7.89. The minimum Gasteiger partial charge on any atom is -0.258 e. The second kappa shape index (κ2) is 9.09. The molecule has 1 atom stereocenters. The van der Waals surface area contributed by atoms with Gasteiger partial charge in [-0.05, 0) is 35.2 Å². The Bertz CT molecular complexity index is 1390. The van der Waals surface area contributed by atoms with Gasteiger partial charge in [0.15, 0.2) is 0 Å². The second-order valence-electron chi connectivity index (χ2n) is 8.69. The summed E-state index contributed by atoms with van der Waals surface area (Å²) in [5, 5.41) is 11.1. The Hall–Kier alpha value is -3.81. The molecule has 1 fully saturated rings. The number of benzene rings is 4. The number of non-ortho nitro benzene ring substituents is 1. The van der Waals surface area contributed by atoms with Crippen molar-refractivity contribution in [2.75, 3.05) is 6.54 Å². The third-order valence-corrected chi connectivity index (χ3v) is 8.67. The minimum atomic E-state index is -4.02. The van der Waals surface area contributed by atoms with Gasteiger partial charge in [-0.25, -0.2) is 8.42 Å². The first-order valence-electron chi connectivity index (χ1n) is 11.4. The highest BCUT2D eigenvalue weighted by Gasteiger charge is 2.53. The summed E-state index contributed by atoms with van der Waals surface area (Å²) in [6.07, 6.45) is 0.567. The van der Waals surface area contributed by atoms with E-state index in [-0.39, 0.29) is 23.0 Å². The quantitative estimate of drug-likeness (QED) is 0.259. The topological polar surface area (TPSA) is 80.5 Å². The van der Waals surface area contributed by atoms with Crippen molar-refractivity contribution in [3.63, 3.8) is 0 Å². The summed E-state index contributed by atoms with van der Waals surface area (Å²) in [5.74, 6) is -0.0376. The fourth-order valence-electron chi connectivity index (χ4n) is 5.12. The molecule has 6 nitrogen and oxygen atoms in total. The zero-order valence-electron chi connectivity index (χ0n) is 18.9. The number of hydrogen-bond donors (Lipinski definition) is 0. The molecule has 1 aliphatic rings. The van der Waals surface area contributed by atoms with Crippen LogP contribution in [0, 0.1) is 10.1 Å². The van der Waals surface area contributed by atoms with Crippen molar-refractivity contribution in [1.82, 2.24) is 4.31 Å². The smallest absolute Gasteiger partial charge is 0.258 e. The van der Waals surface area contributed by atoms with Crippen molar-refractivity contribution >= 4 is 15.7 Å². The maximum absolute atomic E-state index is 14.2. The maximum Gasteiger partial charge on any atom is 0.269 e. The molecule has 0 amide bonds. The normalized spacial score (nSPS) is 17.8. The van der Waals surface area contributed by atoms with Crippen LogP contribution < -0.4 is 0 Å². The van der Waals surface area contributed by atoms with E-state index in [4.69, 9.17) is 0 Å². The molecule has 4 aromatic rings. The van der Waals surface area contributed by atoms with E-state index in [0.29, 0.717) is 6.42 Å². The summed E-state index contributed by atoms with van der Waals surface area (Å²) in [5.41, 5.74) is 1.75.